The summed E-state index contributed by atoms with van der Waals surface area (Å²) < 4.78 is 0.801. The van der Waals surface area contributed by atoms with Crippen LogP contribution in [0, 0.1) is 0 Å². The smallest absolute Gasteiger partial charge is 0.164 e. The van der Waals surface area contributed by atoms with E-state index >= 15 is 0 Å². The minimum absolute atomic E-state index is 0.109. The first kappa shape index (κ1) is 12.8. The number of rotatable bonds is 4. The molecule has 2 aromatic rings. The van der Waals surface area contributed by atoms with Crippen molar-refractivity contribution < 1.29 is 4.79 Å². The fourth-order valence-electron chi connectivity index (χ4n) is 1.79. The molecule has 0 heterocycles. The number of benzene rings is 2. The molecule has 0 aliphatic heterocycles. The van der Waals surface area contributed by atoms with Crippen LogP contribution in [0.5, 0.6) is 0 Å². The van der Waals surface area contributed by atoms with Crippen molar-refractivity contribution >= 4 is 27.4 Å². The molecule has 92 valence electrons. The number of ketones is 1. The predicted octanol–water partition coefficient (Wildman–Crippen LogP) is 3.85. The number of hydrogen-bond donors (Lipinski definition) is 1. The number of carbonyl (C=O) groups excluding carboxylic acids is 1. The Morgan fingerprint density at radius 1 is 1.11 bits per heavy atom. The Bertz CT molecular complexity index is 552. The summed E-state index contributed by atoms with van der Waals surface area (Å²) in [7, 11) is 0. The number of hydrogen-bond acceptors (Lipinski definition) is 2. The zero-order chi connectivity index (χ0) is 13.0. The molecule has 0 atom stereocenters. The molecule has 0 saturated carbocycles. The molecule has 0 aliphatic rings. The topological polar surface area (TPSA) is 43.1 Å². The van der Waals surface area contributed by atoms with Gasteiger partial charge < -0.3 is 5.73 Å². The average Bonchev–Trinajstić information content (AvgIpc) is 2.40. The molecule has 0 radical (unpaired) electrons. The zero-order valence-corrected chi connectivity index (χ0v) is 11.5. The van der Waals surface area contributed by atoms with E-state index in [1.165, 1.54) is 5.56 Å². The number of anilines is 1. The van der Waals surface area contributed by atoms with Crippen LogP contribution in [0.4, 0.5) is 5.69 Å². The van der Waals surface area contributed by atoms with Crippen molar-refractivity contribution in [2.45, 2.75) is 12.8 Å². The zero-order valence-electron chi connectivity index (χ0n) is 9.90. The van der Waals surface area contributed by atoms with Crippen LogP contribution in [0.1, 0.15) is 22.3 Å². The molecule has 0 bridgehead atoms. The third-order valence-electron chi connectivity index (χ3n) is 2.77. The van der Waals surface area contributed by atoms with E-state index in [0.717, 1.165) is 10.9 Å². The normalized spacial score (nSPS) is 10.3. The van der Waals surface area contributed by atoms with Crippen LogP contribution in [-0.4, -0.2) is 5.78 Å². The number of aryl methyl sites for hydroxylation is 1. The van der Waals surface area contributed by atoms with Crippen molar-refractivity contribution in [2.24, 2.45) is 0 Å². The number of carbonyl (C=O) groups is 1. The van der Waals surface area contributed by atoms with Gasteiger partial charge in [-0.25, -0.2) is 0 Å². The predicted molar refractivity (Wildman–Crippen MR) is 77.6 cm³/mol. The van der Waals surface area contributed by atoms with Crippen LogP contribution >= 0.6 is 15.9 Å². The van der Waals surface area contributed by atoms with E-state index in [-0.39, 0.29) is 5.78 Å². The van der Waals surface area contributed by atoms with Crippen LogP contribution in [0.2, 0.25) is 0 Å². The number of nitrogens with two attached hydrogens (primary N) is 1. The Kier molecular flexibility index (Phi) is 4.15. The lowest BCUT2D eigenvalue weighted by atomic mass is 10.0. The molecular formula is C15H14BrNO. The summed E-state index contributed by atoms with van der Waals surface area (Å²) in [5, 5.41) is 0. The summed E-state index contributed by atoms with van der Waals surface area (Å²) >= 11 is 3.38. The van der Waals surface area contributed by atoms with Crippen molar-refractivity contribution in [1.29, 1.82) is 0 Å². The standard InChI is InChI=1S/C15H14BrNO/c16-14-8-7-12(17)10-13(14)15(18)9-6-11-4-2-1-3-5-11/h1-5,7-8,10H,6,9,17H2. The van der Waals surface area contributed by atoms with Crippen LogP contribution in [-0.2, 0) is 6.42 Å². The Labute approximate surface area is 115 Å². The summed E-state index contributed by atoms with van der Waals surface area (Å²) in [5.74, 6) is 0.109. The van der Waals surface area contributed by atoms with Crippen molar-refractivity contribution in [2.75, 3.05) is 5.73 Å². The monoisotopic (exact) mass is 303 g/mol. The molecule has 2 rings (SSSR count). The Hall–Kier alpha value is -1.61. The summed E-state index contributed by atoms with van der Waals surface area (Å²) in [6, 6.07) is 15.3. The molecule has 0 fully saturated rings. The van der Waals surface area contributed by atoms with E-state index in [4.69, 9.17) is 5.73 Å². The third-order valence-corrected chi connectivity index (χ3v) is 3.47. The van der Waals surface area contributed by atoms with Crippen molar-refractivity contribution in [3.63, 3.8) is 0 Å². The van der Waals surface area contributed by atoms with E-state index in [9.17, 15) is 4.79 Å². The lowest BCUT2D eigenvalue weighted by Gasteiger charge is -2.05. The second-order valence-corrected chi connectivity index (χ2v) is 5.00. The third kappa shape index (κ3) is 3.20. The molecule has 0 unspecified atom stereocenters. The van der Waals surface area contributed by atoms with Crippen LogP contribution in [0.15, 0.2) is 53.0 Å². The van der Waals surface area contributed by atoms with Gasteiger partial charge in [-0.05, 0) is 30.2 Å². The van der Waals surface area contributed by atoms with Crippen molar-refractivity contribution in [1.82, 2.24) is 0 Å². The van der Waals surface area contributed by atoms with E-state index in [1.807, 2.05) is 36.4 Å². The largest absolute Gasteiger partial charge is 0.399 e. The van der Waals surface area contributed by atoms with Crippen LogP contribution in [0.3, 0.4) is 0 Å². The van der Waals surface area contributed by atoms with Gasteiger partial charge in [0.05, 0.1) is 0 Å². The van der Waals surface area contributed by atoms with Gasteiger partial charge in [0.25, 0.3) is 0 Å². The Morgan fingerprint density at radius 2 is 1.83 bits per heavy atom. The number of nitrogen functional groups attached to an aromatic ring is 1. The Morgan fingerprint density at radius 3 is 2.56 bits per heavy atom. The molecule has 2 N–H and O–H groups in total. The maximum Gasteiger partial charge on any atom is 0.164 e. The second kappa shape index (κ2) is 5.83. The summed E-state index contributed by atoms with van der Waals surface area (Å²) in [5.41, 5.74) is 8.14. The van der Waals surface area contributed by atoms with E-state index < -0.39 is 0 Å². The first-order valence-corrected chi connectivity index (χ1v) is 6.58. The molecule has 2 aromatic carbocycles. The second-order valence-electron chi connectivity index (χ2n) is 4.15. The van der Waals surface area contributed by atoms with Gasteiger partial charge in [0.2, 0.25) is 0 Å². The molecule has 0 aliphatic carbocycles. The lowest BCUT2D eigenvalue weighted by molar-refractivity contribution is 0.0982. The first-order chi connectivity index (χ1) is 8.66. The highest BCUT2D eigenvalue weighted by molar-refractivity contribution is 9.10. The van der Waals surface area contributed by atoms with Crippen molar-refractivity contribution in [3.05, 3.63) is 64.1 Å². The van der Waals surface area contributed by atoms with Gasteiger partial charge in [-0.2, -0.15) is 0 Å². The Balaban J connectivity index is 2.06. The summed E-state index contributed by atoms with van der Waals surface area (Å²) in [4.78, 5) is 12.1. The minimum Gasteiger partial charge on any atom is -0.399 e. The fourth-order valence-corrected chi connectivity index (χ4v) is 2.26. The maximum atomic E-state index is 12.1. The van der Waals surface area contributed by atoms with Gasteiger partial charge in [0, 0.05) is 22.1 Å². The van der Waals surface area contributed by atoms with E-state index in [1.54, 1.807) is 12.1 Å². The van der Waals surface area contributed by atoms with Gasteiger partial charge in [0.15, 0.2) is 5.78 Å². The summed E-state index contributed by atoms with van der Waals surface area (Å²) in [6.07, 6.45) is 1.24. The average molecular weight is 304 g/mol. The highest BCUT2D eigenvalue weighted by Gasteiger charge is 2.10. The SMILES string of the molecule is Nc1ccc(Br)c(C(=O)CCc2ccccc2)c1. The highest BCUT2D eigenvalue weighted by Crippen LogP contribution is 2.21. The van der Waals surface area contributed by atoms with E-state index in [2.05, 4.69) is 15.9 Å². The van der Waals surface area contributed by atoms with Crippen LogP contribution in [0.25, 0.3) is 0 Å². The minimum atomic E-state index is 0.109. The summed E-state index contributed by atoms with van der Waals surface area (Å²) in [6.45, 7) is 0. The molecular weight excluding hydrogens is 290 g/mol. The molecule has 18 heavy (non-hydrogen) atoms. The lowest BCUT2D eigenvalue weighted by Crippen LogP contribution is -2.03. The van der Waals surface area contributed by atoms with Gasteiger partial charge in [-0.3, -0.25) is 4.79 Å². The highest BCUT2D eigenvalue weighted by atomic mass is 79.9. The van der Waals surface area contributed by atoms with Gasteiger partial charge in [-0.1, -0.05) is 46.3 Å². The number of Topliss-reactive ketones (excluding diaryl/α,β-unsaturated/α-hetero) is 1. The molecule has 0 amide bonds. The van der Waals surface area contributed by atoms with E-state index in [0.29, 0.717) is 17.7 Å². The molecule has 2 nitrogen and oxygen atoms in total. The van der Waals surface area contributed by atoms with Gasteiger partial charge in [0.1, 0.15) is 0 Å². The fraction of sp³-hybridized carbons (Fsp3) is 0.133. The van der Waals surface area contributed by atoms with Gasteiger partial charge in [-0.15, -0.1) is 0 Å². The van der Waals surface area contributed by atoms with Crippen LogP contribution < -0.4 is 5.73 Å². The number of halogens is 1. The quantitative estimate of drug-likeness (QED) is 0.689. The molecule has 0 saturated heterocycles. The first-order valence-electron chi connectivity index (χ1n) is 5.79. The molecule has 0 aromatic heterocycles. The van der Waals surface area contributed by atoms with Gasteiger partial charge >= 0.3 is 0 Å². The molecule has 3 heteroatoms. The maximum absolute atomic E-state index is 12.1. The van der Waals surface area contributed by atoms with Crippen molar-refractivity contribution in [3.8, 4) is 0 Å². The molecule has 0 spiro atoms.